The number of benzene rings is 1. The van der Waals surface area contributed by atoms with E-state index in [1.54, 1.807) is 18.5 Å². The van der Waals surface area contributed by atoms with Crippen LogP contribution < -0.4 is 5.32 Å². The predicted molar refractivity (Wildman–Crippen MR) is 97.1 cm³/mol. The average Bonchev–Trinajstić information content (AvgIpc) is 2.56. The zero-order chi connectivity index (χ0) is 18.3. The minimum absolute atomic E-state index is 0.110. The Kier molecular flexibility index (Phi) is 6.66. The Bertz CT molecular complexity index is 807. The van der Waals surface area contributed by atoms with Crippen molar-refractivity contribution in [3.8, 4) is 0 Å². The summed E-state index contributed by atoms with van der Waals surface area (Å²) >= 11 is 0. The average molecular weight is 361 g/mol. The van der Waals surface area contributed by atoms with Crippen molar-refractivity contribution >= 4 is 15.9 Å². The van der Waals surface area contributed by atoms with Gasteiger partial charge in [-0.25, -0.2) is 8.42 Å². The molecular formula is C18H23N3O3S. The molecule has 0 aliphatic rings. The molecule has 2 rings (SSSR count). The van der Waals surface area contributed by atoms with Gasteiger partial charge in [-0.15, -0.1) is 0 Å². The van der Waals surface area contributed by atoms with Crippen molar-refractivity contribution in [1.82, 2.24) is 14.6 Å². The van der Waals surface area contributed by atoms with Crippen molar-refractivity contribution in [2.75, 3.05) is 12.8 Å². The van der Waals surface area contributed by atoms with Gasteiger partial charge in [0.2, 0.25) is 15.9 Å². The van der Waals surface area contributed by atoms with E-state index in [-0.39, 0.29) is 25.4 Å². The lowest BCUT2D eigenvalue weighted by Gasteiger charge is -2.20. The van der Waals surface area contributed by atoms with Gasteiger partial charge in [-0.05, 0) is 24.1 Å². The second-order valence-electron chi connectivity index (χ2n) is 5.97. The molecule has 0 bridgehead atoms. The maximum atomic E-state index is 12.0. The first kappa shape index (κ1) is 19.1. The summed E-state index contributed by atoms with van der Waals surface area (Å²) in [5.74, 6) is -0.193. The number of nitrogens with one attached hydrogen (secondary N) is 1. The Morgan fingerprint density at radius 3 is 2.60 bits per heavy atom. The van der Waals surface area contributed by atoms with E-state index in [9.17, 15) is 13.2 Å². The summed E-state index contributed by atoms with van der Waals surface area (Å²) in [6.07, 6.45) is 4.62. The number of amides is 1. The first-order valence-corrected chi connectivity index (χ1v) is 9.86. The smallest absolute Gasteiger partial charge is 0.221 e. The number of carbonyl (C=O) groups excluding carboxylic acids is 1. The zero-order valence-corrected chi connectivity index (χ0v) is 15.3. The molecule has 0 fully saturated rings. The van der Waals surface area contributed by atoms with Crippen LogP contribution in [-0.4, -0.2) is 36.4 Å². The van der Waals surface area contributed by atoms with E-state index >= 15 is 0 Å². The normalized spacial score (nSPS) is 11.5. The van der Waals surface area contributed by atoms with Crippen LogP contribution in [0.5, 0.6) is 0 Å². The molecule has 0 aliphatic heterocycles. The fourth-order valence-corrected chi connectivity index (χ4v) is 3.20. The van der Waals surface area contributed by atoms with Crippen molar-refractivity contribution in [2.45, 2.75) is 26.4 Å². The molecule has 0 saturated carbocycles. The maximum Gasteiger partial charge on any atom is 0.221 e. The summed E-state index contributed by atoms with van der Waals surface area (Å²) < 4.78 is 25.3. The summed E-state index contributed by atoms with van der Waals surface area (Å²) in [6, 6.07) is 11.3. The Morgan fingerprint density at radius 1 is 1.20 bits per heavy atom. The van der Waals surface area contributed by atoms with Gasteiger partial charge in [0.15, 0.2) is 0 Å². The largest absolute Gasteiger partial charge is 0.352 e. The number of rotatable bonds is 8. The van der Waals surface area contributed by atoms with Gasteiger partial charge in [-0.1, -0.05) is 35.9 Å². The van der Waals surface area contributed by atoms with Crippen LogP contribution in [0.1, 0.15) is 23.1 Å². The molecule has 134 valence electrons. The quantitative estimate of drug-likeness (QED) is 0.778. The van der Waals surface area contributed by atoms with E-state index in [0.29, 0.717) is 6.54 Å². The number of pyridine rings is 1. The summed E-state index contributed by atoms with van der Waals surface area (Å²) in [5, 5.41) is 2.78. The topological polar surface area (TPSA) is 79.4 Å². The third kappa shape index (κ3) is 6.64. The number of carbonyl (C=O) groups is 1. The number of nitrogens with zero attached hydrogens (tertiary/aromatic N) is 2. The molecule has 0 aliphatic carbocycles. The fraction of sp³-hybridized carbons (Fsp3) is 0.333. The van der Waals surface area contributed by atoms with Gasteiger partial charge in [-0.2, -0.15) is 4.31 Å². The molecule has 7 heteroatoms. The van der Waals surface area contributed by atoms with Gasteiger partial charge in [0.1, 0.15) is 0 Å². The van der Waals surface area contributed by atoms with Crippen molar-refractivity contribution in [3.63, 3.8) is 0 Å². The molecule has 2 aromatic rings. The number of sulfonamides is 1. The summed E-state index contributed by atoms with van der Waals surface area (Å²) in [6.45, 7) is 2.74. The van der Waals surface area contributed by atoms with Crippen molar-refractivity contribution < 1.29 is 13.2 Å². The van der Waals surface area contributed by atoms with Crippen LogP contribution in [-0.2, 0) is 27.9 Å². The highest BCUT2D eigenvalue weighted by Gasteiger charge is 2.18. The lowest BCUT2D eigenvalue weighted by atomic mass is 10.1. The number of hydrogen-bond donors (Lipinski definition) is 1. The monoisotopic (exact) mass is 361 g/mol. The standard InChI is InChI=1S/C18H23N3O3S/c1-15-5-3-6-16(11-15)14-21(25(2,23)24)10-8-18(22)20-13-17-7-4-9-19-12-17/h3-7,9,11-12H,8,10,13-14H2,1-2H3,(H,20,22). The van der Waals surface area contributed by atoms with Gasteiger partial charge >= 0.3 is 0 Å². The lowest BCUT2D eigenvalue weighted by Crippen LogP contribution is -2.34. The molecule has 1 heterocycles. The Hall–Kier alpha value is -2.25. The SMILES string of the molecule is Cc1cccc(CN(CCC(=O)NCc2cccnc2)S(C)(=O)=O)c1. The van der Waals surface area contributed by atoms with Gasteiger partial charge in [-0.3, -0.25) is 9.78 Å². The summed E-state index contributed by atoms with van der Waals surface area (Å²) in [4.78, 5) is 16.0. The molecule has 6 nitrogen and oxygen atoms in total. The van der Waals surface area contributed by atoms with E-state index in [0.717, 1.165) is 22.9 Å². The number of aromatic nitrogens is 1. The molecule has 0 saturated heterocycles. The van der Waals surface area contributed by atoms with E-state index in [4.69, 9.17) is 0 Å². The van der Waals surface area contributed by atoms with E-state index < -0.39 is 10.0 Å². The molecule has 0 spiro atoms. The van der Waals surface area contributed by atoms with Crippen LogP contribution in [0.2, 0.25) is 0 Å². The third-order valence-electron chi connectivity index (χ3n) is 3.71. The molecule has 1 aromatic heterocycles. The highest BCUT2D eigenvalue weighted by molar-refractivity contribution is 7.88. The zero-order valence-electron chi connectivity index (χ0n) is 14.5. The van der Waals surface area contributed by atoms with Crippen LogP contribution in [0.25, 0.3) is 0 Å². The molecule has 0 atom stereocenters. The number of aryl methyl sites for hydroxylation is 1. The summed E-state index contributed by atoms with van der Waals surface area (Å²) in [7, 11) is -3.40. The van der Waals surface area contributed by atoms with Crippen LogP contribution >= 0.6 is 0 Å². The minimum atomic E-state index is -3.40. The maximum absolute atomic E-state index is 12.0. The minimum Gasteiger partial charge on any atom is -0.352 e. The highest BCUT2D eigenvalue weighted by atomic mass is 32.2. The first-order chi connectivity index (χ1) is 11.8. The second-order valence-corrected chi connectivity index (χ2v) is 7.96. The Balaban J connectivity index is 1.90. The molecule has 1 aromatic carbocycles. The van der Waals surface area contributed by atoms with Gasteiger partial charge in [0, 0.05) is 38.4 Å². The molecule has 0 unspecified atom stereocenters. The van der Waals surface area contributed by atoms with E-state index in [1.165, 1.54) is 4.31 Å². The van der Waals surface area contributed by atoms with Crippen LogP contribution in [0.4, 0.5) is 0 Å². The van der Waals surface area contributed by atoms with Crippen molar-refractivity contribution in [2.24, 2.45) is 0 Å². The lowest BCUT2D eigenvalue weighted by molar-refractivity contribution is -0.121. The van der Waals surface area contributed by atoms with Crippen LogP contribution in [0.15, 0.2) is 48.8 Å². The van der Waals surface area contributed by atoms with Gasteiger partial charge in [0.25, 0.3) is 0 Å². The molecule has 0 radical (unpaired) electrons. The van der Waals surface area contributed by atoms with Crippen LogP contribution in [0, 0.1) is 6.92 Å². The van der Waals surface area contributed by atoms with E-state index in [2.05, 4.69) is 10.3 Å². The Morgan fingerprint density at radius 2 is 1.96 bits per heavy atom. The van der Waals surface area contributed by atoms with Crippen molar-refractivity contribution in [1.29, 1.82) is 0 Å². The molecular weight excluding hydrogens is 338 g/mol. The van der Waals surface area contributed by atoms with Gasteiger partial charge < -0.3 is 5.32 Å². The van der Waals surface area contributed by atoms with Crippen LogP contribution in [0.3, 0.4) is 0 Å². The number of hydrogen-bond acceptors (Lipinski definition) is 4. The fourth-order valence-electron chi connectivity index (χ4n) is 2.39. The third-order valence-corrected chi connectivity index (χ3v) is 4.96. The highest BCUT2D eigenvalue weighted by Crippen LogP contribution is 2.11. The second kappa shape index (κ2) is 8.73. The van der Waals surface area contributed by atoms with E-state index in [1.807, 2.05) is 37.3 Å². The first-order valence-electron chi connectivity index (χ1n) is 8.01. The molecule has 1 N–H and O–H groups in total. The van der Waals surface area contributed by atoms with Crippen molar-refractivity contribution in [3.05, 3.63) is 65.5 Å². The Labute approximate surface area is 148 Å². The molecule has 1 amide bonds. The van der Waals surface area contributed by atoms with Gasteiger partial charge in [0.05, 0.1) is 6.26 Å². The summed E-state index contributed by atoms with van der Waals surface area (Å²) in [5.41, 5.74) is 2.87. The molecule has 25 heavy (non-hydrogen) atoms. The predicted octanol–water partition coefficient (Wildman–Crippen LogP) is 1.86.